The summed E-state index contributed by atoms with van der Waals surface area (Å²) >= 11 is 5.72. The highest BCUT2D eigenvalue weighted by atomic mass is 35.5. The molecule has 134 valence electrons. The molecule has 1 amide bonds. The van der Waals surface area contributed by atoms with Crippen molar-refractivity contribution < 1.29 is 17.2 Å². The van der Waals surface area contributed by atoms with E-state index in [-0.39, 0.29) is 24.2 Å². The number of hydrogen-bond donors (Lipinski definition) is 1. The molecule has 0 radical (unpaired) electrons. The Balaban J connectivity index is 0.00000243. The zero-order valence-electron chi connectivity index (χ0n) is 14.2. The summed E-state index contributed by atoms with van der Waals surface area (Å²) in [6.07, 6.45) is 0.552. The second-order valence-electron chi connectivity index (χ2n) is 5.71. The van der Waals surface area contributed by atoms with Crippen LogP contribution in [0.5, 0.6) is 0 Å². The lowest BCUT2D eigenvalue weighted by Crippen LogP contribution is -3.00. The van der Waals surface area contributed by atoms with E-state index in [2.05, 4.69) is 78.1 Å². The summed E-state index contributed by atoms with van der Waals surface area (Å²) in [5.74, 6) is -0.174. The van der Waals surface area contributed by atoms with Crippen LogP contribution in [0.3, 0.4) is 0 Å². The molecular formula is C21H20Cl2NOP. The van der Waals surface area contributed by atoms with E-state index in [4.69, 9.17) is 11.6 Å². The van der Waals surface area contributed by atoms with E-state index in [1.165, 1.54) is 15.9 Å². The van der Waals surface area contributed by atoms with Crippen molar-refractivity contribution in [3.8, 4) is 0 Å². The number of carbonyl (C=O) groups is 1. The molecule has 0 fully saturated rings. The summed E-state index contributed by atoms with van der Waals surface area (Å²) in [4.78, 5) is 11.9. The molecule has 3 aromatic carbocycles. The molecular weight excluding hydrogens is 384 g/mol. The van der Waals surface area contributed by atoms with E-state index in [9.17, 15) is 4.79 Å². The molecule has 0 unspecified atom stereocenters. The first-order chi connectivity index (χ1) is 12.3. The Morgan fingerprint density at radius 2 is 1.08 bits per heavy atom. The highest BCUT2D eigenvalue weighted by Gasteiger charge is 2.45. The van der Waals surface area contributed by atoms with Crippen LogP contribution in [0, 0.1) is 0 Å². The quantitative estimate of drug-likeness (QED) is 0.465. The molecule has 0 atom stereocenters. The van der Waals surface area contributed by atoms with Crippen LogP contribution in [-0.4, -0.2) is 18.1 Å². The lowest BCUT2D eigenvalue weighted by molar-refractivity contribution is -0.118. The Bertz CT molecular complexity index is 717. The average Bonchev–Trinajstić information content (AvgIpc) is 2.71. The molecule has 3 rings (SSSR count). The lowest BCUT2D eigenvalue weighted by Gasteiger charge is -2.27. The molecule has 0 aromatic heterocycles. The number of benzene rings is 3. The summed E-state index contributed by atoms with van der Waals surface area (Å²) in [6, 6.07) is 31.3. The van der Waals surface area contributed by atoms with Gasteiger partial charge in [0.05, 0.1) is 0 Å². The van der Waals surface area contributed by atoms with Gasteiger partial charge in [0.1, 0.15) is 35.3 Å². The standard InChI is InChI=1S/C21H19ClNOP.ClH/c22-16-21(24)23-17-25(18-10-4-1-5-11-18,19-12-6-2-7-13-19)20-14-8-3-9-15-20;/h1-15H,16-17H2;1H. The van der Waals surface area contributed by atoms with Gasteiger partial charge in [-0.3, -0.25) is 4.79 Å². The van der Waals surface area contributed by atoms with Crippen molar-refractivity contribution in [1.82, 2.24) is 5.32 Å². The Hall–Kier alpha value is -1.86. The summed E-state index contributed by atoms with van der Waals surface area (Å²) in [5, 5.41) is 6.76. The molecule has 3 aromatic rings. The second-order valence-corrected chi connectivity index (χ2v) is 9.46. The molecule has 2 nitrogen and oxygen atoms in total. The van der Waals surface area contributed by atoms with Gasteiger partial charge in [0.2, 0.25) is 5.91 Å². The molecule has 26 heavy (non-hydrogen) atoms. The van der Waals surface area contributed by atoms with Gasteiger partial charge in [-0.25, -0.2) is 0 Å². The van der Waals surface area contributed by atoms with E-state index in [1.54, 1.807) is 0 Å². The summed E-state index contributed by atoms with van der Waals surface area (Å²) < 4.78 is 0. The van der Waals surface area contributed by atoms with Gasteiger partial charge in [0.15, 0.2) is 0 Å². The van der Waals surface area contributed by atoms with Crippen molar-refractivity contribution >= 4 is 40.7 Å². The Morgan fingerprint density at radius 1 is 0.731 bits per heavy atom. The Kier molecular flexibility index (Phi) is 7.66. The molecule has 0 saturated carbocycles. The number of hydrogen-bond acceptors (Lipinski definition) is 1. The number of amides is 1. The molecule has 0 aliphatic carbocycles. The molecule has 5 heteroatoms. The zero-order valence-corrected chi connectivity index (χ0v) is 16.6. The fraction of sp³-hybridized carbons (Fsp3) is 0.0952. The first-order valence-corrected chi connectivity index (χ1v) is 10.7. The van der Waals surface area contributed by atoms with E-state index < -0.39 is 7.26 Å². The monoisotopic (exact) mass is 403 g/mol. The molecule has 0 spiro atoms. The van der Waals surface area contributed by atoms with Crippen LogP contribution in [-0.2, 0) is 4.79 Å². The Labute approximate surface area is 166 Å². The first kappa shape index (κ1) is 20.5. The third-order valence-corrected chi connectivity index (χ3v) is 8.64. The van der Waals surface area contributed by atoms with Crippen molar-refractivity contribution in [2.24, 2.45) is 0 Å². The zero-order chi connectivity index (χ0) is 17.5. The van der Waals surface area contributed by atoms with Crippen LogP contribution >= 0.6 is 18.9 Å². The number of alkyl halides is 1. The van der Waals surface area contributed by atoms with E-state index in [0.29, 0.717) is 6.29 Å². The molecule has 0 aliphatic heterocycles. The van der Waals surface area contributed by atoms with E-state index in [0.717, 1.165) is 0 Å². The molecule has 1 N–H and O–H groups in total. The van der Waals surface area contributed by atoms with Gasteiger partial charge in [0.25, 0.3) is 0 Å². The van der Waals surface area contributed by atoms with Crippen LogP contribution in [0.25, 0.3) is 0 Å². The summed E-state index contributed by atoms with van der Waals surface area (Å²) in [7, 11) is -2.01. The van der Waals surface area contributed by atoms with Crippen molar-refractivity contribution in [3.63, 3.8) is 0 Å². The van der Waals surface area contributed by atoms with Crippen molar-refractivity contribution in [1.29, 1.82) is 0 Å². The van der Waals surface area contributed by atoms with Gasteiger partial charge in [-0.2, -0.15) is 0 Å². The lowest BCUT2D eigenvalue weighted by atomic mass is 10.4. The van der Waals surface area contributed by atoms with Crippen LogP contribution in [0.1, 0.15) is 0 Å². The SMILES string of the molecule is O=C(CCl)NC[P+](c1ccccc1)(c1ccccc1)c1ccccc1.[Cl-]. The van der Waals surface area contributed by atoms with Gasteiger partial charge in [0, 0.05) is 0 Å². The summed E-state index contributed by atoms with van der Waals surface area (Å²) in [6.45, 7) is 0. The molecule has 0 bridgehead atoms. The molecule has 0 saturated heterocycles. The predicted molar refractivity (Wildman–Crippen MR) is 109 cm³/mol. The van der Waals surface area contributed by atoms with Crippen LogP contribution in [0.4, 0.5) is 0 Å². The van der Waals surface area contributed by atoms with Crippen LogP contribution in [0.15, 0.2) is 91.0 Å². The van der Waals surface area contributed by atoms with Gasteiger partial charge >= 0.3 is 0 Å². The number of halogens is 2. The van der Waals surface area contributed by atoms with E-state index >= 15 is 0 Å². The maximum atomic E-state index is 11.9. The van der Waals surface area contributed by atoms with Crippen molar-refractivity contribution in [2.75, 3.05) is 12.2 Å². The molecule has 0 aliphatic rings. The average molecular weight is 404 g/mol. The minimum Gasteiger partial charge on any atom is -1.00 e. The minimum atomic E-state index is -2.01. The smallest absolute Gasteiger partial charge is 0.237 e. The predicted octanol–water partition coefficient (Wildman–Crippen LogP) is 0.297. The van der Waals surface area contributed by atoms with Gasteiger partial charge in [-0.15, -0.1) is 11.6 Å². The van der Waals surface area contributed by atoms with Crippen LogP contribution in [0.2, 0.25) is 0 Å². The second kappa shape index (κ2) is 9.73. The number of rotatable bonds is 6. The fourth-order valence-corrected chi connectivity index (χ4v) is 7.02. The topological polar surface area (TPSA) is 29.1 Å². The van der Waals surface area contributed by atoms with Gasteiger partial charge < -0.3 is 17.7 Å². The van der Waals surface area contributed by atoms with Crippen molar-refractivity contribution in [3.05, 3.63) is 91.0 Å². The molecule has 0 heterocycles. The largest absolute Gasteiger partial charge is 1.00 e. The third kappa shape index (κ3) is 4.27. The third-order valence-electron chi connectivity index (χ3n) is 4.23. The van der Waals surface area contributed by atoms with Crippen molar-refractivity contribution in [2.45, 2.75) is 0 Å². The van der Waals surface area contributed by atoms with Crippen LogP contribution < -0.4 is 33.6 Å². The normalized spacial score (nSPS) is 10.7. The van der Waals surface area contributed by atoms with E-state index in [1.807, 2.05) is 18.2 Å². The highest BCUT2D eigenvalue weighted by Crippen LogP contribution is 2.54. The number of carbonyl (C=O) groups excluding carboxylic acids is 1. The Morgan fingerprint density at radius 3 is 1.38 bits per heavy atom. The minimum absolute atomic E-state index is 0. The first-order valence-electron chi connectivity index (χ1n) is 8.15. The maximum absolute atomic E-state index is 11.9. The van der Waals surface area contributed by atoms with Gasteiger partial charge in [-0.05, 0) is 36.4 Å². The fourth-order valence-electron chi connectivity index (χ4n) is 3.02. The van der Waals surface area contributed by atoms with Gasteiger partial charge in [-0.1, -0.05) is 54.6 Å². The summed E-state index contributed by atoms with van der Waals surface area (Å²) in [5.41, 5.74) is 0. The maximum Gasteiger partial charge on any atom is 0.237 e. The number of nitrogens with one attached hydrogen (secondary N) is 1. The highest BCUT2D eigenvalue weighted by molar-refractivity contribution is 7.95.